The second-order valence-corrected chi connectivity index (χ2v) is 6.31. The topological polar surface area (TPSA) is 32.3 Å². The van der Waals surface area contributed by atoms with Gasteiger partial charge < -0.3 is 10.2 Å². The summed E-state index contributed by atoms with van der Waals surface area (Å²) >= 11 is 3.57. The van der Waals surface area contributed by atoms with Crippen LogP contribution in [0.4, 0.5) is 10.5 Å². The number of thioether (sulfide) groups is 1. The molecule has 0 saturated carbocycles. The van der Waals surface area contributed by atoms with Crippen molar-refractivity contribution < 1.29 is 4.79 Å². The van der Waals surface area contributed by atoms with Crippen LogP contribution in [-0.4, -0.2) is 35.5 Å². The van der Waals surface area contributed by atoms with Crippen LogP contribution >= 0.6 is 23.1 Å². The van der Waals surface area contributed by atoms with E-state index in [-0.39, 0.29) is 6.03 Å². The maximum absolute atomic E-state index is 12.1. The molecule has 1 N–H and O–H groups in total. The van der Waals surface area contributed by atoms with Crippen LogP contribution in [0.25, 0.3) is 10.1 Å². The van der Waals surface area contributed by atoms with Gasteiger partial charge in [-0.25, -0.2) is 4.79 Å². The lowest BCUT2D eigenvalue weighted by Crippen LogP contribution is -2.40. The molecule has 1 saturated heterocycles. The van der Waals surface area contributed by atoms with Crippen molar-refractivity contribution >= 4 is 44.9 Å². The smallest absolute Gasteiger partial charge is 0.321 e. The first-order chi connectivity index (χ1) is 8.84. The monoisotopic (exact) mass is 278 g/mol. The summed E-state index contributed by atoms with van der Waals surface area (Å²) in [6.45, 7) is 1.69. The van der Waals surface area contributed by atoms with Crippen molar-refractivity contribution in [3.63, 3.8) is 0 Å². The number of urea groups is 1. The SMILES string of the molecule is O=C(Nc1cccc2ccsc12)N1CCSCC1. The number of rotatable bonds is 1. The maximum Gasteiger partial charge on any atom is 0.321 e. The summed E-state index contributed by atoms with van der Waals surface area (Å²) in [5.74, 6) is 2.08. The van der Waals surface area contributed by atoms with E-state index >= 15 is 0 Å². The Labute approximate surface area is 114 Å². The van der Waals surface area contributed by atoms with Gasteiger partial charge in [0, 0.05) is 24.6 Å². The number of thiophene rings is 1. The molecule has 18 heavy (non-hydrogen) atoms. The lowest BCUT2D eigenvalue weighted by molar-refractivity contribution is 0.217. The molecule has 2 amide bonds. The summed E-state index contributed by atoms with van der Waals surface area (Å²) in [4.78, 5) is 14.0. The summed E-state index contributed by atoms with van der Waals surface area (Å²) in [5.41, 5.74) is 0.922. The van der Waals surface area contributed by atoms with Crippen molar-refractivity contribution in [3.8, 4) is 0 Å². The van der Waals surface area contributed by atoms with Gasteiger partial charge in [-0.15, -0.1) is 11.3 Å². The normalized spacial score (nSPS) is 15.9. The van der Waals surface area contributed by atoms with Gasteiger partial charge in [0.15, 0.2) is 0 Å². The number of fused-ring (bicyclic) bond motifs is 1. The van der Waals surface area contributed by atoms with E-state index in [0.717, 1.165) is 35.0 Å². The van der Waals surface area contributed by atoms with E-state index in [1.165, 1.54) is 5.39 Å². The van der Waals surface area contributed by atoms with Crippen LogP contribution < -0.4 is 5.32 Å². The molecule has 0 unspecified atom stereocenters. The zero-order chi connectivity index (χ0) is 12.4. The van der Waals surface area contributed by atoms with Gasteiger partial charge in [-0.05, 0) is 22.9 Å². The van der Waals surface area contributed by atoms with Crippen LogP contribution in [0.5, 0.6) is 0 Å². The van der Waals surface area contributed by atoms with Crippen molar-refractivity contribution in [2.75, 3.05) is 29.9 Å². The van der Waals surface area contributed by atoms with Crippen molar-refractivity contribution in [2.24, 2.45) is 0 Å². The molecule has 2 heterocycles. The average Bonchev–Trinajstić information content (AvgIpc) is 2.89. The number of carbonyl (C=O) groups excluding carboxylic acids is 1. The van der Waals surface area contributed by atoms with Gasteiger partial charge in [-0.2, -0.15) is 11.8 Å². The van der Waals surface area contributed by atoms with Gasteiger partial charge in [-0.3, -0.25) is 0 Å². The Morgan fingerprint density at radius 2 is 2.06 bits per heavy atom. The molecule has 2 aromatic rings. The van der Waals surface area contributed by atoms with E-state index in [1.54, 1.807) is 11.3 Å². The van der Waals surface area contributed by atoms with E-state index in [2.05, 4.69) is 22.8 Å². The highest BCUT2D eigenvalue weighted by atomic mass is 32.2. The zero-order valence-electron chi connectivity index (χ0n) is 9.89. The highest BCUT2D eigenvalue weighted by Crippen LogP contribution is 2.28. The quantitative estimate of drug-likeness (QED) is 0.866. The highest BCUT2D eigenvalue weighted by Gasteiger charge is 2.17. The molecular weight excluding hydrogens is 264 g/mol. The van der Waals surface area contributed by atoms with Gasteiger partial charge >= 0.3 is 6.03 Å². The molecule has 0 radical (unpaired) electrons. The van der Waals surface area contributed by atoms with Crippen molar-refractivity contribution in [2.45, 2.75) is 0 Å². The number of nitrogens with one attached hydrogen (secondary N) is 1. The van der Waals surface area contributed by atoms with Gasteiger partial charge in [0.2, 0.25) is 0 Å². The number of nitrogens with zero attached hydrogens (tertiary/aromatic N) is 1. The van der Waals surface area contributed by atoms with Gasteiger partial charge in [0.1, 0.15) is 0 Å². The Hall–Kier alpha value is -1.20. The minimum absolute atomic E-state index is 0.0243. The summed E-state index contributed by atoms with van der Waals surface area (Å²) in [6, 6.07) is 8.12. The van der Waals surface area contributed by atoms with Crippen LogP contribution in [0, 0.1) is 0 Å². The number of amides is 2. The van der Waals surface area contributed by atoms with Crippen molar-refractivity contribution in [3.05, 3.63) is 29.6 Å². The minimum atomic E-state index is 0.0243. The number of carbonyl (C=O) groups is 1. The summed E-state index contributed by atoms with van der Waals surface area (Å²) < 4.78 is 1.15. The molecule has 0 spiro atoms. The molecule has 0 bridgehead atoms. The molecule has 5 heteroatoms. The van der Waals surface area contributed by atoms with E-state index in [4.69, 9.17) is 0 Å². The minimum Gasteiger partial charge on any atom is -0.323 e. The number of benzene rings is 1. The molecule has 0 aliphatic carbocycles. The third-order valence-corrected chi connectivity index (χ3v) is 4.92. The maximum atomic E-state index is 12.1. The van der Waals surface area contributed by atoms with E-state index in [9.17, 15) is 4.79 Å². The van der Waals surface area contributed by atoms with Crippen molar-refractivity contribution in [1.29, 1.82) is 0 Å². The Balaban J connectivity index is 1.79. The van der Waals surface area contributed by atoms with Crippen LogP contribution in [-0.2, 0) is 0 Å². The predicted octanol–water partition coefficient (Wildman–Crippen LogP) is 3.48. The molecule has 0 atom stereocenters. The number of hydrogen-bond donors (Lipinski definition) is 1. The number of hydrogen-bond acceptors (Lipinski definition) is 3. The Morgan fingerprint density at radius 3 is 2.89 bits per heavy atom. The first-order valence-electron chi connectivity index (χ1n) is 5.94. The third kappa shape index (κ3) is 2.33. The van der Waals surface area contributed by atoms with Gasteiger partial charge in [0.05, 0.1) is 10.4 Å². The Bertz CT molecular complexity index is 561. The van der Waals surface area contributed by atoms with Crippen LogP contribution in [0.15, 0.2) is 29.6 Å². The Kier molecular flexibility index (Phi) is 3.43. The third-order valence-electron chi connectivity index (χ3n) is 3.02. The van der Waals surface area contributed by atoms with Gasteiger partial charge in [-0.1, -0.05) is 12.1 Å². The summed E-state index contributed by atoms with van der Waals surface area (Å²) in [5, 5.41) is 6.27. The van der Waals surface area contributed by atoms with E-state index < -0.39 is 0 Å². The standard InChI is InChI=1S/C13H14N2OS2/c16-13(15-5-8-17-9-6-15)14-11-3-1-2-10-4-7-18-12(10)11/h1-4,7H,5-6,8-9H2,(H,14,16). The van der Waals surface area contributed by atoms with Crippen molar-refractivity contribution in [1.82, 2.24) is 4.90 Å². The second-order valence-electron chi connectivity index (χ2n) is 4.17. The van der Waals surface area contributed by atoms with E-state index in [0.29, 0.717) is 0 Å². The second kappa shape index (κ2) is 5.20. The fourth-order valence-corrected chi connectivity index (χ4v) is 3.82. The van der Waals surface area contributed by atoms with Crippen LogP contribution in [0.3, 0.4) is 0 Å². The lowest BCUT2D eigenvalue weighted by Gasteiger charge is -2.26. The zero-order valence-corrected chi connectivity index (χ0v) is 11.5. The Morgan fingerprint density at radius 1 is 1.22 bits per heavy atom. The van der Waals surface area contributed by atoms with E-state index in [1.807, 2.05) is 28.8 Å². The predicted molar refractivity (Wildman–Crippen MR) is 79.7 cm³/mol. The first-order valence-corrected chi connectivity index (χ1v) is 7.98. The molecule has 1 fully saturated rings. The fourth-order valence-electron chi connectivity index (χ4n) is 2.05. The molecular formula is C13H14N2OS2. The molecule has 1 aliphatic rings. The molecule has 94 valence electrons. The highest BCUT2D eigenvalue weighted by molar-refractivity contribution is 7.99. The molecule has 3 nitrogen and oxygen atoms in total. The average molecular weight is 278 g/mol. The molecule has 1 aromatic carbocycles. The fraction of sp³-hybridized carbons (Fsp3) is 0.308. The summed E-state index contributed by atoms with van der Waals surface area (Å²) in [6.07, 6.45) is 0. The lowest BCUT2D eigenvalue weighted by atomic mass is 10.2. The van der Waals surface area contributed by atoms with Crippen LogP contribution in [0.1, 0.15) is 0 Å². The molecule has 1 aliphatic heterocycles. The van der Waals surface area contributed by atoms with Crippen LogP contribution in [0.2, 0.25) is 0 Å². The number of anilines is 1. The molecule has 1 aromatic heterocycles. The molecule has 3 rings (SSSR count). The first kappa shape index (κ1) is 11.9. The summed E-state index contributed by atoms with van der Waals surface area (Å²) in [7, 11) is 0. The van der Waals surface area contributed by atoms with Gasteiger partial charge in [0.25, 0.3) is 0 Å². The largest absolute Gasteiger partial charge is 0.323 e.